The highest BCUT2D eigenvalue weighted by atomic mass is 35.5. The highest BCUT2D eigenvalue weighted by Crippen LogP contribution is 2.42. The van der Waals surface area contributed by atoms with Crippen molar-refractivity contribution in [3.05, 3.63) is 35.9 Å². The molecule has 19 heavy (non-hydrogen) atoms. The number of likely N-dealkylation sites (tertiary alicyclic amines) is 1. The number of piperidine rings is 1. The molecule has 0 bridgehead atoms. The van der Waals surface area contributed by atoms with Gasteiger partial charge in [0.1, 0.15) is 0 Å². The lowest BCUT2D eigenvalue weighted by molar-refractivity contribution is -0.138. The molecule has 2 nitrogen and oxygen atoms in total. The Balaban J connectivity index is 2.18. The molecule has 1 aromatic carbocycles. The SMILES string of the molecule is C[C@H]1CN(Cc2ccccc2)C(=O)C(Cl)(Cl)[C@H]1CCl. The van der Waals surface area contributed by atoms with E-state index in [0.717, 1.165) is 5.56 Å². The van der Waals surface area contributed by atoms with E-state index in [0.29, 0.717) is 19.0 Å². The fourth-order valence-electron chi connectivity index (χ4n) is 2.47. The Morgan fingerprint density at radius 3 is 2.53 bits per heavy atom. The van der Waals surface area contributed by atoms with Gasteiger partial charge in [-0.1, -0.05) is 60.5 Å². The van der Waals surface area contributed by atoms with Gasteiger partial charge in [-0.25, -0.2) is 0 Å². The molecule has 0 N–H and O–H groups in total. The zero-order valence-corrected chi connectivity index (χ0v) is 12.9. The summed E-state index contributed by atoms with van der Waals surface area (Å²) in [5.41, 5.74) is 1.07. The first kappa shape index (κ1) is 15.0. The first-order valence-electron chi connectivity index (χ1n) is 6.24. The maximum Gasteiger partial charge on any atom is 0.259 e. The predicted octanol–water partition coefficient (Wildman–Crippen LogP) is 3.69. The third-order valence-corrected chi connectivity index (χ3v) is 4.83. The number of hydrogen-bond donors (Lipinski definition) is 0. The summed E-state index contributed by atoms with van der Waals surface area (Å²) in [6.07, 6.45) is 0. The molecule has 0 saturated carbocycles. The van der Waals surface area contributed by atoms with Crippen molar-refractivity contribution in [3.8, 4) is 0 Å². The smallest absolute Gasteiger partial charge is 0.259 e. The minimum Gasteiger partial charge on any atom is -0.335 e. The molecule has 0 aromatic heterocycles. The van der Waals surface area contributed by atoms with Gasteiger partial charge >= 0.3 is 0 Å². The van der Waals surface area contributed by atoms with E-state index in [1.807, 2.05) is 37.3 Å². The van der Waals surface area contributed by atoms with Crippen molar-refractivity contribution in [1.82, 2.24) is 4.90 Å². The normalized spacial score (nSPS) is 26.5. The molecule has 1 fully saturated rings. The van der Waals surface area contributed by atoms with E-state index in [4.69, 9.17) is 34.8 Å². The molecule has 0 spiro atoms. The minimum absolute atomic E-state index is 0.175. The average molecular weight is 321 g/mol. The van der Waals surface area contributed by atoms with E-state index in [2.05, 4.69) is 0 Å². The first-order chi connectivity index (χ1) is 8.96. The van der Waals surface area contributed by atoms with Crippen LogP contribution >= 0.6 is 34.8 Å². The topological polar surface area (TPSA) is 20.3 Å². The number of nitrogens with zero attached hydrogens (tertiary/aromatic N) is 1. The van der Waals surface area contributed by atoms with Gasteiger partial charge < -0.3 is 4.90 Å². The van der Waals surface area contributed by atoms with Crippen molar-refractivity contribution in [2.45, 2.75) is 17.8 Å². The highest BCUT2D eigenvalue weighted by Gasteiger charge is 2.50. The molecule has 1 saturated heterocycles. The maximum atomic E-state index is 12.4. The molecule has 2 rings (SSSR count). The summed E-state index contributed by atoms with van der Waals surface area (Å²) in [5, 5.41) is 0. The van der Waals surface area contributed by atoms with Crippen LogP contribution in [0.1, 0.15) is 12.5 Å². The molecule has 1 aromatic rings. The van der Waals surface area contributed by atoms with Gasteiger partial charge in [-0.15, -0.1) is 11.6 Å². The van der Waals surface area contributed by atoms with Gasteiger partial charge in [-0.2, -0.15) is 0 Å². The number of hydrogen-bond acceptors (Lipinski definition) is 1. The van der Waals surface area contributed by atoms with Crippen LogP contribution < -0.4 is 0 Å². The minimum atomic E-state index is -1.42. The zero-order valence-electron chi connectivity index (χ0n) is 10.7. The van der Waals surface area contributed by atoms with Gasteiger partial charge in [0.25, 0.3) is 5.91 Å². The molecule has 1 aliphatic heterocycles. The van der Waals surface area contributed by atoms with E-state index >= 15 is 0 Å². The summed E-state index contributed by atoms with van der Waals surface area (Å²) >= 11 is 18.4. The third-order valence-electron chi connectivity index (χ3n) is 3.62. The Morgan fingerprint density at radius 2 is 1.95 bits per heavy atom. The van der Waals surface area contributed by atoms with Crippen LogP contribution in [0.3, 0.4) is 0 Å². The van der Waals surface area contributed by atoms with Gasteiger partial charge in [-0.3, -0.25) is 4.79 Å². The molecule has 1 heterocycles. The Morgan fingerprint density at radius 1 is 1.32 bits per heavy atom. The van der Waals surface area contributed by atoms with Crippen LogP contribution in [0.2, 0.25) is 0 Å². The van der Waals surface area contributed by atoms with Gasteiger partial charge in [0.05, 0.1) is 0 Å². The third kappa shape index (κ3) is 3.01. The monoisotopic (exact) mass is 319 g/mol. The fourth-order valence-corrected chi connectivity index (χ4v) is 3.99. The lowest BCUT2D eigenvalue weighted by Gasteiger charge is -2.43. The molecule has 0 unspecified atom stereocenters. The van der Waals surface area contributed by atoms with Crippen molar-refractivity contribution in [2.75, 3.05) is 12.4 Å². The van der Waals surface area contributed by atoms with Gasteiger partial charge in [0, 0.05) is 24.9 Å². The van der Waals surface area contributed by atoms with Crippen molar-refractivity contribution in [3.63, 3.8) is 0 Å². The van der Waals surface area contributed by atoms with Gasteiger partial charge in [-0.05, 0) is 11.5 Å². The largest absolute Gasteiger partial charge is 0.335 e. The van der Waals surface area contributed by atoms with Gasteiger partial charge in [0.15, 0.2) is 4.33 Å². The highest BCUT2D eigenvalue weighted by molar-refractivity contribution is 6.58. The number of carbonyl (C=O) groups excluding carboxylic acids is 1. The molecule has 0 aliphatic carbocycles. The van der Waals surface area contributed by atoms with Crippen LogP contribution in [0.15, 0.2) is 30.3 Å². The van der Waals surface area contributed by atoms with Gasteiger partial charge in [0.2, 0.25) is 0 Å². The maximum absolute atomic E-state index is 12.4. The molecule has 1 amide bonds. The summed E-state index contributed by atoms with van der Waals surface area (Å²) in [6, 6.07) is 9.80. The number of benzene rings is 1. The van der Waals surface area contributed by atoms with Crippen LogP contribution in [0.25, 0.3) is 0 Å². The van der Waals surface area contributed by atoms with E-state index in [1.165, 1.54) is 0 Å². The Hall–Kier alpha value is -0.440. The second-order valence-corrected chi connectivity index (χ2v) is 6.73. The van der Waals surface area contributed by atoms with Crippen molar-refractivity contribution >= 4 is 40.7 Å². The summed E-state index contributed by atoms with van der Waals surface area (Å²) in [4.78, 5) is 14.1. The lowest BCUT2D eigenvalue weighted by Crippen LogP contribution is -2.56. The quantitative estimate of drug-likeness (QED) is 0.778. The zero-order chi connectivity index (χ0) is 14.0. The molecule has 2 atom stereocenters. The van der Waals surface area contributed by atoms with Crippen LogP contribution in [-0.4, -0.2) is 27.6 Å². The van der Waals surface area contributed by atoms with Crippen molar-refractivity contribution in [2.24, 2.45) is 11.8 Å². The van der Waals surface area contributed by atoms with E-state index < -0.39 is 4.33 Å². The number of halogens is 3. The van der Waals surface area contributed by atoms with E-state index in [1.54, 1.807) is 4.90 Å². The van der Waals surface area contributed by atoms with Crippen molar-refractivity contribution < 1.29 is 4.79 Å². The summed E-state index contributed by atoms with van der Waals surface area (Å²) in [6.45, 7) is 3.18. The number of carbonyl (C=O) groups is 1. The molecule has 0 radical (unpaired) electrons. The predicted molar refractivity (Wildman–Crippen MR) is 79.7 cm³/mol. The van der Waals surface area contributed by atoms with Crippen LogP contribution in [-0.2, 0) is 11.3 Å². The second-order valence-electron chi connectivity index (χ2n) is 5.03. The number of rotatable bonds is 3. The number of alkyl halides is 3. The molecular weight excluding hydrogens is 305 g/mol. The second kappa shape index (κ2) is 5.90. The Kier molecular flexibility index (Phi) is 4.65. The van der Waals surface area contributed by atoms with Crippen LogP contribution in [0.5, 0.6) is 0 Å². The molecule has 1 aliphatic rings. The first-order valence-corrected chi connectivity index (χ1v) is 7.53. The van der Waals surface area contributed by atoms with Crippen LogP contribution in [0, 0.1) is 11.8 Å². The number of amides is 1. The summed E-state index contributed by atoms with van der Waals surface area (Å²) in [5.74, 6) is 0.00777. The standard InChI is InChI=1S/C14H16Cl3NO/c1-10-8-18(9-11-5-3-2-4-6-11)13(19)14(16,17)12(10)7-15/h2-6,10,12H,7-9H2,1H3/t10-,12-/m0/s1. The average Bonchev–Trinajstić information content (AvgIpc) is 2.37. The Labute approximate surface area is 128 Å². The molecular formula is C14H16Cl3NO. The summed E-state index contributed by atoms with van der Waals surface area (Å²) < 4.78 is -1.42. The van der Waals surface area contributed by atoms with E-state index in [-0.39, 0.29) is 17.7 Å². The summed E-state index contributed by atoms with van der Waals surface area (Å²) in [7, 11) is 0. The van der Waals surface area contributed by atoms with Crippen LogP contribution in [0.4, 0.5) is 0 Å². The molecule has 5 heteroatoms. The molecule has 104 valence electrons. The van der Waals surface area contributed by atoms with Crippen molar-refractivity contribution in [1.29, 1.82) is 0 Å². The Bertz CT molecular complexity index is 449. The lowest BCUT2D eigenvalue weighted by atomic mass is 9.87. The van der Waals surface area contributed by atoms with E-state index in [9.17, 15) is 4.79 Å². The fraction of sp³-hybridized carbons (Fsp3) is 0.500.